The van der Waals surface area contributed by atoms with E-state index in [1.165, 1.54) is 31.2 Å². The summed E-state index contributed by atoms with van der Waals surface area (Å²) < 4.78 is 0. The standard InChI is InChI=1S/C28H20Cl2N2O5/c1-14(23(33)31-16-8-6-7-15(13-16)26(36)37)32-24(34)21-22(25(32)35)28(30)18-10-3-2-9-17(18)27(21,29)19-11-4-5-12-20(19)28/h2-14,21-22H,1H3,(H,31,33)(H,36,37)/t14-,21-,22+,27?,28?/m1/s1. The lowest BCUT2D eigenvalue weighted by molar-refractivity contribution is -0.146. The Bertz CT molecular complexity index is 1410. The van der Waals surface area contributed by atoms with Crippen LogP contribution < -0.4 is 5.32 Å². The van der Waals surface area contributed by atoms with Gasteiger partial charge in [0, 0.05) is 5.69 Å². The van der Waals surface area contributed by atoms with E-state index in [1.54, 1.807) is 0 Å². The van der Waals surface area contributed by atoms with E-state index in [4.69, 9.17) is 23.2 Å². The van der Waals surface area contributed by atoms with Gasteiger partial charge in [0.2, 0.25) is 17.7 Å². The molecule has 37 heavy (non-hydrogen) atoms. The van der Waals surface area contributed by atoms with Crippen molar-refractivity contribution in [2.45, 2.75) is 22.7 Å². The van der Waals surface area contributed by atoms with E-state index < -0.39 is 51.3 Å². The van der Waals surface area contributed by atoms with Crippen LogP contribution in [0.2, 0.25) is 0 Å². The molecule has 2 N–H and O–H groups in total. The quantitative estimate of drug-likeness (QED) is 0.383. The van der Waals surface area contributed by atoms with Crippen molar-refractivity contribution in [2.75, 3.05) is 5.32 Å². The normalized spacial score (nSPS) is 27.8. The molecule has 0 spiro atoms. The number of carbonyl (C=O) groups is 4. The van der Waals surface area contributed by atoms with Gasteiger partial charge in [0.1, 0.15) is 15.8 Å². The summed E-state index contributed by atoms with van der Waals surface area (Å²) in [5, 5.41) is 11.8. The predicted octanol–water partition coefficient (Wildman–Crippen LogP) is 4.31. The Morgan fingerprint density at radius 2 is 1.30 bits per heavy atom. The molecule has 1 saturated heterocycles. The summed E-state index contributed by atoms with van der Waals surface area (Å²) in [5.74, 6) is -4.93. The van der Waals surface area contributed by atoms with E-state index in [0.717, 1.165) is 4.90 Å². The van der Waals surface area contributed by atoms with E-state index in [2.05, 4.69) is 5.32 Å². The molecule has 1 fully saturated rings. The van der Waals surface area contributed by atoms with Crippen molar-refractivity contribution in [1.82, 2.24) is 4.90 Å². The molecule has 0 unspecified atom stereocenters. The van der Waals surface area contributed by atoms with Crippen molar-refractivity contribution in [2.24, 2.45) is 11.8 Å². The molecule has 1 aliphatic heterocycles. The highest BCUT2D eigenvalue weighted by Crippen LogP contribution is 2.69. The first-order chi connectivity index (χ1) is 17.6. The Balaban J connectivity index is 1.42. The van der Waals surface area contributed by atoms with Gasteiger partial charge in [0.15, 0.2) is 0 Å². The topological polar surface area (TPSA) is 104 Å². The van der Waals surface area contributed by atoms with Gasteiger partial charge in [0.25, 0.3) is 0 Å². The van der Waals surface area contributed by atoms with Gasteiger partial charge in [-0.1, -0.05) is 54.6 Å². The molecule has 2 bridgehead atoms. The number of imide groups is 1. The molecule has 3 aliphatic carbocycles. The Labute approximate surface area is 222 Å². The number of aromatic carboxylic acids is 1. The van der Waals surface area contributed by atoms with Gasteiger partial charge in [-0.2, -0.15) is 0 Å². The predicted molar refractivity (Wildman–Crippen MR) is 136 cm³/mol. The van der Waals surface area contributed by atoms with Crippen molar-refractivity contribution in [1.29, 1.82) is 0 Å². The van der Waals surface area contributed by atoms with Gasteiger partial charge >= 0.3 is 5.97 Å². The number of benzene rings is 3. The van der Waals surface area contributed by atoms with Gasteiger partial charge in [-0.25, -0.2) is 4.79 Å². The maximum atomic E-state index is 14.0. The zero-order valence-electron chi connectivity index (χ0n) is 19.4. The first-order valence-corrected chi connectivity index (χ1v) is 12.5. The highest BCUT2D eigenvalue weighted by molar-refractivity contribution is 6.36. The summed E-state index contributed by atoms with van der Waals surface area (Å²) >= 11 is 14.8. The maximum Gasteiger partial charge on any atom is 0.335 e. The third-order valence-electron chi connectivity index (χ3n) is 7.76. The third-order valence-corrected chi connectivity index (χ3v) is 9.05. The van der Waals surface area contributed by atoms with E-state index in [1.807, 2.05) is 48.5 Å². The molecule has 4 aliphatic rings. The number of carboxylic acid groups (broad SMARTS) is 1. The molecule has 3 aromatic carbocycles. The van der Waals surface area contributed by atoms with E-state index in [0.29, 0.717) is 22.3 Å². The molecular formula is C28H20Cl2N2O5. The van der Waals surface area contributed by atoms with Crippen LogP contribution in [0.4, 0.5) is 5.69 Å². The fraction of sp³-hybridized carbons (Fsp3) is 0.214. The molecular weight excluding hydrogens is 515 g/mol. The van der Waals surface area contributed by atoms with Gasteiger partial charge in [-0.05, 0) is 47.4 Å². The lowest BCUT2D eigenvalue weighted by Gasteiger charge is -2.54. The highest BCUT2D eigenvalue weighted by atomic mass is 35.5. The number of anilines is 1. The van der Waals surface area contributed by atoms with Crippen LogP contribution in [0.3, 0.4) is 0 Å². The van der Waals surface area contributed by atoms with Crippen LogP contribution in [0.1, 0.15) is 39.5 Å². The lowest BCUT2D eigenvalue weighted by atomic mass is 9.54. The molecule has 0 saturated carbocycles. The molecule has 3 aromatic rings. The monoisotopic (exact) mass is 534 g/mol. The van der Waals surface area contributed by atoms with E-state index >= 15 is 0 Å². The summed E-state index contributed by atoms with van der Waals surface area (Å²) in [5.41, 5.74) is 2.93. The second-order valence-corrected chi connectivity index (χ2v) is 10.8. The summed E-state index contributed by atoms with van der Waals surface area (Å²) in [7, 11) is 0. The number of nitrogens with one attached hydrogen (secondary N) is 1. The number of alkyl halides is 2. The van der Waals surface area contributed by atoms with Crippen LogP contribution in [0.25, 0.3) is 0 Å². The SMILES string of the molecule is C[C@H](C(=O)Nc1cccc(C(=O)O)c1)N1C(=O)[C@@H]2[C@H](C1=O)C1(Cl)c3ccccc3C2(Cl)c2ccccc21. The largest absolute Gasteiger partial charge is 0.478 e. The van der Waals surface area contributed by atoms with Crippen molar-refractivity contribution >= 4 is 52.6 Å². The smallest absolute Gasteiger partial charge is 0.335 e. The average Bonchev–Trinajstić information content (AvgIpc) is 3.17. The van der Waals surface area contributed by atoms with Crippen molar-refractivity contribution in [3.05, 3.63) is 101 Å². The molecule has 0 aromatic heterocycles. The lowest BCUT2D eigenvalue weighted by Crippen LogP contribution is -2.57. The van der Waals surface area contributed by atoms with Crippen molar-refractivity contribution in [3.8, 4) is 0 Å². The molecule has 9 heteroatoms. The van der Waals surface area contributed by atoms with E-state index in [9.17, 15) is 24.3 Å². The number of carbonyl (C=O) groups excluding carboxylic acids is 3. The summed E-state index contributed by atoms with van der Waals surface area (Å²) in [4.78, 5) is 50.7. The first kappa shape index (κ1) is 23.7. The summed E-state index contributed by atoms with van der Waals surface area (Å²) in [6.07, 6.45) is 0. The maximum absolute atomic E-state index is 14.0. The second-order valence-electron chi connectivity index (χ2n) is 9.57. The van der Waals surface area contributed by atoms with Crippen LogP contribution in [0.15, 0.2) is 72.8 Å². The number of rotatable bonds is 4. The molecule has 0 radical (unpaired) electrons. The number of carboxylic acids is 1. The zero-order valence-corrected chi connectivity index (χ0v) is 21.0. The van der Waals surface area contributed by atoms with Gasteiger partial charge in [-0.3, -0.25) is 19.3 Å². The summed E-state index contributed by atoms with van der Waals surface area (Å²) in [6.45, 7) is 1.45. The Kier molecular flexibility index (Phi) is 5.07. The Morgan fingerprint density at radius 1 is 0.838 bits per heavy atom. The average molecular weight is 535 g/mol. The Morgan fingerprint density at radius 3 is 1.73 bits per heavy atom. The highest BCUT2D eigenvalue weighted by Gasteiger charge is 2.73. The molecule has 7 rings (SSSR count). The number of hydrogen-bond acceptors (Lipinski definition) is 4. The minimum absolute atomic E-state index is 0.00920. The zero-order chi connectivity index (χ0) is 26.3. The number of halogens is 2. The Hall–Kier alpha value is -3.68. The van der Waals surface area contributed by atoms with Crippen LogP contribution >= 0.6 is 23.2 Å². The van der Waals surface area contributed by atoms with Crippen LogP contribution in [0.5, 0.6) is 0 Å². The van der Waals surface area contributed by atoms with Gasteiger partial charge < -0.3 is 10.4 Å². The molecule has 3 amide bonds. The van der Waals surface area contributed by atoms with Crippen LogP contribution in [-0.2, 0) is 24.1 Å². The number of amides is 3. The minimum atomic E-state index is -1.33. The number of hydrogen-bond donors (Lipinski definition) is 2. The van der Waals surface area contributed by atoms with Crippen molar-refractivity contribution < 1.29 is 24.3 Å². The van der Waals surface area contributed by atoms with Crippen molar-refractivity contribution in [3.63, 3.8) is 0 Å². The molecule has 7 nitrogen and oxygen atoms in total. The molecule has 1 heterocycles. The second kappa shape index (κ2) is 7.91. The third kappa shape index (κ3) is 2.95. The van der Waals surface area contributed by atoms with Crippen LogP contribution in [0, 0.1) is 11.8 Å². The molecule has 3 atom stereocenters. The van der Waals surface area contributed by atoms with Crippen LogP contribution in [-0.4, -0.2) is 39.7 Å². The first-order valence-electron chi connectivity index (χ1n) is 11.7. The number of nitrogens with zero attached hydrogens (tertiary/aromatic N) is 1. The van der Waals surface area contributed by atoms with E-state index in [-0.39, 0.29) is 11.3 Å². The fourth-order valence-corrected chi connectivity index (χ4v) is 7.26. The van der Waals surface area contributed by atoms with Gasteiger partial charge in [0.05, 0.1) is 17.4 Å². The van der Waals surface area contributed by atoms with Gasteiger partial charge in [-0.15, -0.1) is 23.2 Å². The number of likely N-dealkylation sites (tertiary alicyclic amines) is 1. The molecule has 186 valence electrons. The fourth-order valence-electron chi connectivity index (χ4n) is 6.16. The minimum Gasteiger partial charge on any atom is -0.478 e. The summed E-state index contributed by atoms with van der Waals surface area (Å²) in [6, 6.07) is 19.1.